The molecule has 0 saturated heterocycles. The molecule has 1 aromatic carbocycles. The normalized spacial score (nSPS) is 15.8. The van der Waals surface area contributed by atoms with Crippen molar-refractivity contribution in [3.63, 3.8) is 0 Å². The highest BCUT2D eigenvalue weighted by atomic mass is 16.5. The molecule has 1 atom stereocenters. The van der Waals surface area contributed by atoms with E-state index in [1.807, 2.05) is 6.07 Å². The van der Waals surface area contributed by atoms with Crippen molar-refractivity contribution in [3.05, 3.63) is 47.3 Å². The average Bonchev–Trinajstić information content (AvgIpc) is 3.43. The van der Waals surface area contributed by atoms with Gasteiger partial charge < -0.3 is 24.7 Å². The van der Waals surface area contributed by atoms with Crippen LogP contribution in [0.4, 0.5) is 10.7 Å². The summed E-state index contributed by atoms with van der Waals surface area (Å²) in [5.74, 6) is 1.28. The van der Waals surface area contributed by atoms with Crippen LogP contribution in [0.1, 0.15) is 40.6 Å². The number of amides is 4. The molecule has 33 heavy (non-hydrogen) atoms. The number of imide groups is 1. The van der Waals surface area contributed by atoms with Crippen LogP contribution in [0.2, 0.25) is 0 Å². The smallest absolute Gasteiger partial charge is 0.321 e. The van der Waals surface area contributed by atoms with Crippen LogP contribution in [-0.4, -0.2) is 52.9 Å². The van der Waals surface area contributed by atoms with Gasteiger partial charge in [0.1, 0.15) is 17.6 Å². The van der Waals surface area contributed by atoms with Gasteiger partial charge in [-0.05, 0) is 36.6 Å². The first kappa shape index (κ1) is 20.7. The number of furan rings is 1. The minimum absolute atomic E-state index is 0.128. The first-order valence-electron chi connectivity index (χ1n) is 10.5. The van der Waals surface area contributed by atoms with Crippen molar-refractivity contribution in [1.82, 2.24) is 25.5 Å². The van der Waals surface area contributed by atoms with E-state index in [1.165, 1.54) is 0 Å². The summed E-state index contributed by atoms with van der Waals surface area (Å²) < 4.78 is 11.2. The number of anilines is 1. The molecule has 3 N–H and O–H groups in total. The SMILES string of the molecule is COc1ccc2c(c1)C(=O)N(C[C@H](NC(=O)NC=O)c1cc3cnc(NC4CC4)nc3o1)C2. The van der Waals surface area contributed by atoms with Crippen molar-refractivity contribution < 1.29 is 23.5 Å². The summed E-state index contributed by atoms with van der Waals surface area (Å²) in [6, 6.07) is 6.03. The van der Waals surface area contributed by atoms with Gasteiger partial charge in [0, 0.05) is 30.9 Å². The molecule has 0 spiro atoms. The molecule has 3 heterocycles. The summed E-state index contributed by atoms with van der Waals surface area (Å²) in [6.07, 6.45) is 4.10. The number of hydrogen-bond acceptors (Lipinski definition) is 8. The Morgan fingerprint density at radius 2 is 2.21 bits per heavy atom. The van der Waals surface area contributed by atoms with E-state index >= 15 is 0 Å². The highest BCUT2D eigenvalue weighted by Gasteiger charge is 2.32. The number of rotatable bonds is 8. The molecule has 2 aliphatic rings. The van der Waals surface area contributed by atoms with Crippen LogP contribution in [0.25, 0.3) is 11.1 Å². The Morgan fingerprint density at radius 3 is 2.97 bits per heavy atom. The van der Waals surface area contributed by atoms with Gasteiger partial charge in [0.15, 0.2) is 0 Å². The van der Waals surface area contributed by atoms with Crippen molar-refractivity contribution in [3.8, 4) is 5.75 Å². The molecule has 2 aromatic heterocycles. The second kappa shape index (κ2) is 8.41. The van der Waals surface area contributed by atoms with Crippen LogP contribution in [0, 0.1) is 0 Å². The van der Waals surface area contributed by atoms with E-state index in [-0.39, 0.29) is 18.9 Å². The lowest BCUT2D eigenvalue weighted by atomic mass is 10.1. The Hall–Kier alpha value is -4.15. The minimum atomic E-state index is -0.723. The molecule has 11 nitrogen and oxygen atoms in total. The van der Waals surface area contributed by atoms with Gasteiger partial charge >= 0.3 is 6.03 Å². The van der Waals surface area contributed by atoms with E-state index in [1.54, 1.807) is 36.4 Å². The molecule has 0 radical (unpaired) electrons. The van der Waals surface area contributed by atoms with Crippen LogP contribution in [-0.2, 0) is 11.3 Å². The lowest BCUT2D eigenvalue weighted by molar-refractivity contribution is -0.108. The Labute approximate surface area is 188 Å². The fourth-order valence-electron chi connectivity index (χ4n) is 3.80. The lowest BCUT2D eigenvalue weighted by Gasteiger charge is -2.23. The molecule has 4 amide bonds. The van der Waals surface area contributed by atoms with Gasteiger partial charge in [-0.1, -0.05) is 6.07 Å². The number of methoxy groups -OCH3 is 1. The summed E-state index contributed by atoms with van der Waals surface area (Å²) >= 11 is 0. The molecule has 1 saturated carbocycles. The molecule has 3 aromatic rings. The first-order chi connectivity index (χ1) is 16.0. The third kappa shape index (κ3) is 4.29. The molecular weight excluding hydrogens is 428 g/mol. The highest BCUT2D eigenvalue weighted by Crippen LogP contribution is 2.30. The fourth-order valence-corrected chi connectivity index (χ4v) is 3.80. The summed E-state index contributed by atoms with van der Waals surface area (Å²) in [5.41, 5.74) is 1.78. The van der Waals surface area contributed by atoms with E-state index in [9.17, 15) is 14.4 Å². The molecular formula is C22H22N6O5. The lowest BCUT2D eigenvalue weighted by Crippen LogP contribution is -2.42. The molecule has 5 rings (SSSR count). The Balaban J connectivity index is 1.40. The topological polar surface area (TPSA) is 139 Å². The number of nitrogens with one attached hydrogen (secondary N) is 3. The van der Waals surface area contributed by atoms with Crippen LogP contribution in [0.3, 0.4) is 0 Å². The van der Waals surface area contributed by atoms with E-state index < -0.39 is 12.1 Å². The first-order valence-corrected chi connectivity index (χ1v) is 10.5. The van der Waals surface area contributed by atoms with Gasteiger partial charge in [0.25, 0.3) is 5.91 Å². The predicted octanol–water partition coefficient (Wildman–Crippen LogP) is 1.96. The number of ether oxygens (including phenoxy) is 1. The number of benzene rings is 1. The Bertz CT molecular complexity index is 1240. The van der Waals surface area contributed by atoms with E-state index in [4.69, 9.17) is 9.15 Å². The van der Waals surface area contributed by atoms with E-state index in [0.717, 1.165) is 18.4 Å². The zero-order valence-corrected chi connectivity index (χ0v) is 17.8. The predicted molar refractivity (Wildman–Crippen MR) is 117 cm³/mol. The average molecular weight is 450 g/mol. The van der Waals surface area contributed by atoms with Crippen molar-refractivity contribution >= 4 is 35.4 Å². The maximum Gasteiger partial charge on any atom is 0.321 e. The Kier molecular flexibility index (Phi) is 5.29. The van der Waals surface area contributed by atoms with Crippen LogP contribution >= 0.6 is 0 Å². The summed E-state index contributed by atoms with van der Waals surface area (Å²) in [7, 11) is 1.54. The van der Waals surface area contributed by atoms with Crippen molar-refractivity contribution in [1.29, 1.82) is 0 Å². The Morgan fingerprint density at radius 1 is 1.36 bits per heavy atom. The van der Waals surface area contributed by atoms with Crippen LogP contribution in [0.15, 0.2) is 34.9 Å². The van der Waals surface area contributed by atoms with Gasteiger partial charge in [0.2, 0.25) is 18.1 Å². The van der Waals surface area contributed by atoms with Crippen molar-refractivity contribution in [2.24, 2.45) is 0 Å². The van der Waals surface area contributed by atoms with Gasteiger partial charge in [-0.25, -0.2) is 9.78 Å². The third-order valence-electron chi connectivity index (χ3n) is 5.64. The quantitative estimate of drug-likeness (QED) is 0.443. The molecule has 1 aliphatic carbocycles. The molecule has 0 unspecified atom stereocenters. The van der Waals surface area contributed by atoms with E-state index in [0.29, 0.717) is 46.7 Å². The number of urea groups is 1. The number of carbonyl (C=O) groups is 3. The zero-order chi connectivity index (χ0) is 22.9. The van der Waals surface area contributed by atoms with Gasteiger partial charge in [-0.3, -0.25) is 14.9 Å². The van der Waals surface area contributed by atoms with Gasteiger partial charge in [0.05, 0.1) is 12.5 Å². The zero-order valence-electron chi connectivity index (χ0n) is 17.8. The number of aromatic nitrogens is 2. The van der Waals surface area contributed by atoms with Gasteiger partial charge in [-0.15, -0.1) is 0 Å². The molecule has 11 heteroatoms. The second-order valence-corrected chi connectivity index (χ2v) is 8.02. The fraction of sp³-hybridized carbons (Fsp3) is 0.318. The maximum atomic E-state index is 13.0. The van der Waals surface area contributed by atoms with Crippen molar-refractivity contribution in [2.75, 3.05) is 19.0 Å². The van der Waals surface area contributed by atoms with Crippen LogP contribution < -0.4 is 20.7 Å². The van der Waals surface area contributed by atoms with Crippen LogP contribution in [0.5, 0.6) is 5.75 Å². The summed E-state index contributed by atoms with van der Waals surface area (Å²) in [6.45, 7) is 0.504. The second-order valence-electron chi connectivity index (χ2n) is 8.02. The number of hydrogen-bond donors (Lipinski definition) is 3. The monoisotopic (exact) mass is 450 g/mol. The molecule has 0 bridgehead atoms. The largest absolute Gasteiger partial charge is 0.497 e. The molecule has 1 fully saturated rings. The maximum absolute atomic E-state index is 13.0. The standard InChI is InChI=1S/C22H22N6O5/c1-32-15-5-2-12-9-28(20(30)16(12)7-15)10-17(26-22(31)24-11-29)18-6-13-8-23-21(25-14-3-4-14)27-19(13)33-18/h2,5-8,11,14,17H,3-4,9-10H2,1H3,(H,23,25,27)(H2,24,26,29,31)/t17-/m0/s1. The molecule has 1 aliphatic heterocycles. The van der Waals surface area contributed by atoms with Gasteiger partial charge in [-0.2, -0.15) is 4.98 Å². The highest BCUT2D eigenvalue weighted by molar-refractivity contribution is 5.98. The number of fused-ring (bicyclic) bond motifs is 2. The number of nitrogens with zero attached hydrogens (tertiary/aromatic N) is 3. The van der Waals surface area contributed by atoms with E-state index in [2.05, 4.69) is 25.9 Å². The summed E-state index contributed by atoms with van der Waals surface area (Å²) in [4.78, 5) is 46.1. The summed E-state index contributed by atoms with van der Waals surface area (Å²) in [5, 5.41) is 8.62. The minimum Gasteiger partial charge on any atom is -0.497 e. The number of carbonyl (C=O) groups excluding carboxylic acids is 3. The van der Waals surface area contributed by atoms with Crippen molar-refractivity contribution in [2.45, 2.75) is 31.5 Å². The third-order valence-corrected chi connectivity index (χ3v) is 5.64. The molecule has 170 valence electrons.